The number of aryl methyl sites for hydroxylation is 1. The molecule has 2 heterocycles. The number of hydrogen-bond acceptors (Lipinski definition) is 4. The lowest BCUT2D eigenvalue weighted by molar-refractivity contribution is 0.453. The Kier molecular flexibility index (Phi) is 4.83. The van der Waals surface area contributed by atoms with Gasteiger partial charge in [0.05, 0.1) is 17.0 Å². The fourth-order valence-electron chi connectivity index (χ4n) is 3.03. The molecule has 1 saturated heterocycles. The summed E-state index contributed by atoms with van der Waals surface area (Å²) in [6, 6.07) is 0.530. The molecule has 3 rings (SSSR count). The van der Waals surface area contributed by atoms with Gasteiger partial charge in [0.2, 0.25) is 0 Å². The zero-order valence-electron chi connectivity index (χ0n) is 11.8. The van der Waals surface area contributed by atoms with Gasteiger partial charge in [-0.15, -0.1) is 11.3 Å². The Morgan fingerprint density at radius 2 is 2.21 bits per heavy atom. The third kappa shape index (κ3) is 3.17. The van der Waals surface area contributed by atoms with E-state index < -0.39 is 0 Å². The molecule has 1 N–H and O–H groups in total. The zero-order valence-corrected chi connectivity index (χ0v) is 13.4. The molecule has 1 aliphatic heterocycles. The highest BCUT2D eigenvalue weighted by molar-refractivity contribution is 7.99. The van der Waals surface area contributed by atoms with E-state index in [0.717, 1.165) is 6.54 Å². The van der Waals surface area contributed by atoms with Gasteiger partial charge in [-0.2, -0.15) is 11.8 Å². The first-order chi connectivity index (χ1) is 9.38. The number of hydrogen-bond donors (Lipinski definition) is 1. The van der Waals surface area contributed by atoms with Crippen molar-refractivity contribution in [1.29, 1.82) is 0 Å². The molecule has 19 heavy (non-hydrogen) atoms. The van der Waals surface area contributed by atoms with Crippen LogP contribution in [0.4, 0.5) is 0 Å². The predicted molar refractivity (Wildman–Crippen MR) is 85.1 cm³/mol. The maximum atomic E-state index is 5.04. The Morgan fingerprint density at radius 1 is 1.26 bits per heavy atom. The molecule has 0 spiro atoms. The molecule has 4 heteroatoms. The summed E-state index contributed by atoms with van der Waals surface area (Å²) in [5.74, 6) is 1.33. The molecule has 2 atom stereocenters. The number of nitrogens with one attached hydrogen (secondary N) is 1. The second-order valence-electron chi connectivity index (χ2n) is 5.61. The maximum Gasteiger partial charge on any atom is 0.106 e. The van der Waals surface area contributed by atoms with Crippen molar-refractivity contribution in [3.05, 3.63) is 15.6 Å². The molecule has 2 aliphatic rings. The summed E-state index contributed by atoms with van der Waals surface area (Å²) in [5, 5.41) is 5.79. The van der Waals surface area contributed by atoms with Gasteiger partial charge >= 0.3 is 0 Å². The molecule has 0 aromatic carbocycles. The van der Waals surface area contributed by atoms with Gasteiger partial charge in [0.25, 0.3) is 0 Å². The zero-order chi connectivity index (χ0) is 13.1. The first-order valence-corrected chi connectivity index (χ1v) is 9.59. The largest absolute Gasteiger partial charge is 0.309 e. The van der Waals surface area contributed by atoms with Crippen LogP contribution in [0.3, 0.4) is 0 Å². The lowest BCUT2D eigenvalue weighted by Crippen LogP contribution is -2.25. The average Bonchev–Trinajstić information content (AvgIpc) is 2.90. The lowest BCUT2D eigenvalue weighted by Gasteiger charge is -2.22. The molecule has 0 amide bonds. The van der Waals surface area contributed by atoms with Crippen molar-refractivity contribution >= 4 is 23.1 Å². The Balaban J connectivity index is 1.76. The minimum atomic E-state index is 0.530. The summed E-state index contributed by atoms with van der Waals surface area (Å²) in [5.41, 5.74) is 1.39. The Morgan fingerprint density at radius 3 is 3.00 bits per heavy atom. The van der Waals surface area contributed by atoms with E-state index in [1.807, 2.05) is 11.3 Å². The quantitative estimate of drug-likeness (QED) is 0.887. The summed E-state index contributed by atoms with van der Waals surface area (Å²) in [7, 11) is 0. The standard InChI is InChI=1S/C15H24N2S2/c1-2-9-16-11-6-5-8-12-14(11)17-15(19-12)13-7-3-4-10-18-13/h11,13,16H,2-10H2,1H3. The van der Waals surface area contributed by atoms with Gasteiger partial charge < -0.3 is 5.32 Å². The molecule has 1 aromatic heterocycles. The van der Waals surface area contributed by atoms with Crippen LogP contribution in [0.2, 0.25) is 0 Å². The van der Waals surface area contributed by atoms with Crippen LogP contribution >= 0.6 is 23.1 Å². The number of thiazole rings is 1. The first-order valence-electron chi connectivity index (χ1n) is 7.73. The fourth-order valence-corrected chi connectivity index (χ4v) is 5.74. The van der Waals surface area contributed by atoms with Gasteiger partial charge in [-0.05, 0) is 50.8 Å². The minimum absolute atomic E-state index is 0.530. The number of rotatable bonds is 4. The van der Waals surface area contributed by atoms with E-state index in [1.54, 1.807) is 4.88 Å². The lowest BCUT2D eigenvalue weighted by atomic mass is 9.97. The molecule has 0 bridgehead atoms. The van der Waals surface area contributed by atoms with Crippen molar-refractivity contribution in [3.63, 3.8) is 0 Å². The van der Waals surface area contributed by atoms with Crippen LogP contribution in [0.25, 0.3) is 0 Å². The van der Waals surface area contributed by atoms with Crippen molar-refractivity contribution in [3.8, 4) is 0 Å². The van der Waals surface area contributed by atoms with Crippen LogP contribution in [0.1, 0.15) is 72.3 Å². The molecule has 2 nitrogen and oxygen atoms in total. The van der Waals surface area contributed by atoms with E-state index in [9.17, 15) is 0 Å². The van der Waals surface area contributed by atoms with Crippen LogP contribution < -0.4 is 5.32 Å². The van der Waals surface area contributed by atoms with Crippen molar-refractivity contribution in [2.24, 2.45) is 0 Å². The molecular weight excluding hydrogens is 272 g/mol. The molecule has 106 valence electrons. The first kappa shape index (κ1) is 13.9. The predicted octanol–water partition coefficient (Wildman–Crippen LogP) is 4.48. The molecule has 0 radical (unpaired) electrons. The second kappa shape index (κ2) is 6.59. The molecule has 1 aliphatic carbocycles. The highest BCUT2D eigenvalue weighted by atomic mass is 32.2. The highest BCUT2D eigenvalue weighted by Gasteiger charge is 2.27. The van der Waals surface area contributed by atoms with Gasteiger partial charge in [0.1, 0.15) is 5.01 Å². The highest BCUT2D eigenvalue weighted by Crippen LogP contribution is 2.43. The van der Waals surface area contributed by atoms with Crippen molar-refractivity contribution < 1.29 is 0 Å². The monoisotopic (exact) mass is 296 g/mol. The van der Waals surface area contributed by atoms with Crippen LogP contribution in [0.15, 0.2) is 0 Å². The number of aromatic nitrogens is 1. The third-order valence-electron chi connectivity index (χ3n) is 4.07. The van der Waals surface area contributed by atoms with E-state index in [4.69, 9.17) is 4.98 Å². The number of nitrogens with zero attached hydrogens (tertiary/aromatic N) is 1. The Hall–Kier alpha value is -0.0600. The summed E-state index contributed by atoms with van der Waals surface area (Å²) in [6.07, 6.45) is 9.19. The van der Waals surface area contributed by atoms with E-state index in [1.165, 1.54) is 61.4 Å². The van der Waals surface area contributed by atoms with Gasteiger partial charge in [0.15, 0.2) is 0 Å². The topological polar surface area (TPSA) is 24.9 Å². The normalized spacial score (nSPS) is 27.2. The minimum Gasteiger partial charge on any atom is -0.309 e. The Bertz CT molecular complexity index is 410. The smallest absolute Gasteiger partial charge is 0.106 e. The average molecular weight is 297 g/mol. The van der Waals surface area contributed by atoms with Crippen LogP contribution in [0, 0.1) is 0 Å². The second-order valence-corrected chi connectivity index (χ2v) is 8.04. The number of thioether (sulfide) groups is 1. The van der Waals surface area contributed by atoms with E-state index in [2.05, 4.69) is 24.0 Å². The van der Waals surface area contributed by atoms with Crippen molar-refractivity contribution in [1.82, 2.24) is 10.3 Å². The van der Waals surface area contributed by atoms with Gasteiger partial charge in [-0.3, -0.25) is 0 Å². The maximum absolute atomic E-state index is 5.04. The third-order valence-corrected chi connectivity index (χ3v) is 6.85. The summed E-state index contributed by atoms with van der Waals surface area (Å²) >= 11 is 4.13. The Labute approximate surface area is 124 Å². The van der Waals surface area contributed by atoms with Gasteiger partial charge in [0, 0.05) is 4.88 Å². The van der Waals surface area contributed by atoms with E-state index >= 15 is 0 Å². The van der Waals surface area contributed by atoms with Crippen LogP contribution in [-0.2, 0) is 6.42 Å². The fraction of sp³-hybridized carbons (Fsp3) is 0.800. The van der Waals surface area contributed by atoms with Gasteiger partial charge in [-0.1, -0.05) is 13.3 Å². The SMILES string of the molecule is CCCNC1CCCc2sc(C3CCCCS3)nc21. The van der Waals surface area contributed by atoms with E-state index in [0.29, 0.717) is 11.3 Å². The molecule has 1 fully saturated rings. The van der Waals surface area contributed by atoms with Crippen molar-refractivity contribution in [2.75, 3.05) is 12.3 Å². The van der Waals surface area contributed by atoms with Crippen molar-refractivity contribution in [2.45, 2.75) is 63.2 Å². The summed E-state index contributed by atoms with van der Waals surface area (Å²) in [6.45, 7) is 3.36. The summed E-state index contributed by atoms with van der Waals surface area (Å²) < 4.78 is 0. The van der Waals surface area contributed by atoms with Crippen LogP contribution in [0.5, 0.6) is 0 Å². The van der Waals surface area contributed by atoms with E-state index in [-0.39, 0.29) is 0 Å². The summed E-state index contributed by atoms with van der Waals surface area (Å²) in [4.78, 5) is 6.61. The van der Waals surface area contributed by atoms with Crippen LogP contribution in [-0.4, -0.2) is 17.3 Å². The molecule has 1 aromatic rings. The molecule has 0 saturated carbocycles. The molecule has 2 unspecified atom stereocenters. The van der Waals surface area contributed by atoms with Gasteiger partial charge in [-0.25, -0.2) is 4.98 Å². The number of fused-ring (bicyclic) bond motifs is 1. The molecular formula is C15H24N2S2.